The average molecular weight is 219 g/mol. The molecule has 3 unspecified atom stereocenters. The molecule has 3 atom stereocenters. The lowest BCUT2D eigenvalue weighted by molar-refractivity contribution is -0.0475. The third kappa shape index (κ3) is 1.34. The molecular formula is C9H17NOS2. The van der Waals surface area contributed by atoms with E-state index in [1.807, 2.05) is 30.6 Å². The molecule has 0 bridgehead atoms. The molecule has 0 aromatic rings. The SMILES string of the molecule is CC1CN(C)C(O)C2(SCS2)C1C. The highest BCUT2D eigenvalue weighted by Crippen LogP contribution is 2.60. The van der Waals surface area contributed by atoms with Crippen LogP contribution in [0.15, 0.2) is 0 Å². The minimum atomic E-state index is -0.262. The van der Waals surface area contributed by atoms with E-state index in [9.17, 15) is 5.11 Å². The number of aliphatic hydroxyl groups is 1. The summed E-state index contributed by atoms with van der Waals surface area (Å²) in [5.41, 5.74) is 0. The van der Waals surface area contributed by atoms with Crippen LogP contribution in [0.4, 0.5) is 0 Å². The molecule has 2 fully saturated rings. The molecule has 0 aliphatic carbocycles. The quantitative estimate of drug-likeness (QED) is 0.669. The first-order valence-electron chi connectivity index (χ1n) is 4.74. The monoisotopic (exact) mass is 219 g/mol. The summed E-state index contributed by atoms with van der Waals surface area (Å²) in [6.07, 6.45) is -0.262. The summed E-state index contributed by atoms with van der Waals surface area (Å²) in [6.45, 7) is 5.58. The van der Waals surface area contributed by atoms with Crippen molar-refractivity contribution in [3.63, 3.8) is 0 Å². The number of aliphatic hydroxyl groups excluding tert-OH is 1. The van der Waals surface area contributed by atoms with E-state index in [0.717, 1.165) is 11.6 Å². The summed E-state index contributed by atoms with van der Waals surface area (Å²) in [7, 11) is 2.02. The van der Waals surface area contributed by atoms with E-state index in [4.69, 9.17) is 0 Å². The van der Waals surface area contributed by atoms with E-state index in [1.165, 1.54) is 0 Å². The molecule has 0 saturated carbocycles. The molecular weight excluding hydrogens is 202 g/mol. The standard InChI is InChI=1S/C9H17NOS2/c1-6-4-10(3)8(11)9(7(6)2)12-5-13-9/h6-8,11H,4-5H2,1-3H3. The molecule has 2 aliphatic heterocycles. The van der Waals surface area contributed by atoms with Crippen LogP contribution < -0.4 is 0 Å². The second kappa shape index (κ2) is 3.33. The Balaban J connectivity index is 2.20. The lowest BCUT2D eigenvalue weighted by Gasteiger charge is -2.56. The van der Waals surface area contributed by atoms with Crippen molar-refractivity contribution >= 4 is 23.5 Å². The van der Waals surface area contributed by atoms with E-state index >= 15 is 0 Å². The zero-order valence-electron chi connectivity index (χ0n) is 8.36. The van der Waals surface area contributed by atoms with E-state index < -0.39 is 0 Å². The van der Waals surface area contributed by atoms with Gasteiger partial charge in [0.15, 0.2) is 0 Å². The fourth-order valence-electron chi connectivity index (χ4n) is 2.26. The Labute approximate surface area is 88.4 Å². The molecule has 2 heterocycles. The third-order valence-corrected chi connectivity index (χ3v) is 7.13. The Kier molecular flexibility index (Phi) is 2.60. The Hall–Kier alpha value is 0.620. The van der Waals surface area contributed by atoms with Crippen LogP contribution in [0.1, 0.15) is 13.8 Å². The number of likely N-dealkylation sites (tertiary alicyclic amines) is 1. The first-order valence-corrected chi connectivity index (χ1v) is 6.71. The molecule has 2 nitrogen and oxygen atoms in total. The molecule has 0 amide bonds. The molecule has 76 valence electrons. The topological polar surface area (TPSA) is 23.5 Å². The molecule has 2 aliphatic rings. The van der Waals surface area contributed by atoms with Gasteiger partial charge in [-0.15, -0.1) is 23.5 Å². The first kappa shape index (κ1) is 10.1. The van der Waals surface area contributed by atoms with Gasteiger partial charge in [-0.05, 0) is 18.9 Å². The van der Waals surface area contributed by atoms with Gasteiger partial charge < -0.3 is 5.11 Å². The number of nitrogens with zero attached hydrogens (tertiary/aromatic N) is 1. The van der Waals surface area contributed by atoms with Crippen LogP contribution in [0.5, 0.6) is 0 Å². The number of hydrogen-bond acceptors (Lipinski definition) is 4. The van der Waals surface area contributed by atoms with Gasteiger partial charge in [-0.2, -0.15) is 0 Å². The van der Waals surface area contributed by atoms with Gasteiger partial charge in [-0.3, -0.25) is 4.90 Å². The van der Waals surface area contributed by atoms with Gasteiger partial charge in [0.05, 0.1) is 0 Å². The predicted octanol–water partition coefficient (Wildman–Crippen LogP) is 1.66. The molecule has 13 heavy (non-hydrogen) atoms. The molecule has 0 radical (unpaired) electrons. The summed E-state index contributed by atoms with van der Waals surface area (Å²) in [5.74, 6) is 1.30. The second-order valence-corrected chi connectivity index (χ2v) is 7.34. The maximum Gasteiger partial charge on any atom is 0.131 e. The third-order valence-electron chi connectivity index (χ3n) is 3.41. The summed E-state index contributed by atoms with van der Waals surface area (Å²) in [5, 5.41) is 11.3. The molecule has 1 spiro atoms. The molecule has 0 aromatic carbocycles. The van der Waals surface area contributed by atoms with Crippen molar-refractivity contribution < 1.29 is 5.11 Å². The maximum absolute atomic E-state index is 10.1. The van der Waals surface area contributed by atoms with Gasteiger partial charge in [0.1, 0.15) is 10.3 Å². The number of thioether (sulfide) groups is 2. The van der Waals surface area contributed by atoms with Gasteiger partial charge >= 0.3 is 0 Å². The van der Waals surface area contributed by atoms with Crippen molar-refractivity contribution in [1.82, 2.24) is 4.90 Å². The van der Waals surface area contributed by atoms with E-state index in [1.54, 1.807) is 0 Å². The van der Waals surface area contributed by atoms with Gasteiger partial charge in [0.2, 0.25) is 0 Å². The minimum Gasteiger partial charge on any atom is -0.376 e. The summed E-state index contributed by atoms with van der Waals surface area (Å²) >= 11 is 3.85. The van der Waals surface area contributed by atoms with Crippen molar-refractivity contribution in [2.24, 2.45) is 11.8 Å². The molecule has 0 aromatic heterocycles. The van der Waals surface area contributed by atoms with Crippen LogP contribution in [0, 0.1) is 11.8 Å². The second-order valence-electron chi connectivity index (χ2n) is 4.21. The van der Waals surface area contributed by atoms with Gasteiger partial charge in [0, 0.05) is 11.6 Å². The highest BCUT2D eigenvalue weighted by Gasteiger charge is 2.55. The average Bonchev–Trinajstić information content (AvgIpc) is 1.99. The summed E-state index contributed by atoms with van der Waals surface area (Å²) in [6, 6.07) is 0. The van der Waals surface area contributed by atoms with Crippen molar-refractivity contribution in [1.29, 1.82) is 0 Å². The largest absolute Gasteiger partial charge is 0.376 e. The fourth-order valence-corrected chi connectivity index (χ4v) is 5.47. The van der Waals surface area contributed by atoms with Crippen LogP contribution in [-0.2, 0) is 0 Å². The smallest absolute Gasteiger partial charge is 0.131 e. The van der Waals surface area contributed by atoms with Gasteiger partial charge in [-0.25, -0.2) is 0 Å². The molecule has 2 rings (SSSR count). The lowest BCUT2D eigenvalue weighted by atomic mass is 9.87. The van der Waals surface area contributed by atoms with Crippen LogP contribution in [0.25, 0.3) is 0 Å². The van der Waals surface area contributed by atoms with Gasteiger partial charge in [-0.1, -0.05) is 13.8 Å². The van der Waals surface area contributed by atoms with Crippen molar-refractivity contribution in [2.45, 2.75) is 24.2 Å². The normalized spacial score (nSPS) is 44.8. The van der Waals surface area contributed by atoms with Crippen LogP contribution in [-0.4, -0.2) is 39.0 Å². The van der Waals surface area contributed by atoms with Crippen molar-refractivity contribution in [3.8, 4) is 0 Å². The van der Waals surface area contributed by atoms with Crippen molar-refractivity contribution in [2.75, 3.05) is 18.7 Å². The number of hydrogen-bond donors (Lipinski definition) is 1. The zero-order chi connectivity index (χ0) is 9.64. The Morgan fingerprint density at radius 3 is 2.46 bits per heavy atom. The van der Waals surface area contributed by atoms with Crippen LogP contribution in [0.2, 0.25) is 0 Å². The highest BCUT2D eigenvalue weighted by atomic mass is 32.3. The lowest BCUT2D eigenvalue weighted by Crippen LogP contribution is -2.61. The molecule has 1 N–H and O–H groups in total. The van der Waals surface area contributed by atoms with E-state index in [-0.39, 0.29) is 10.3 Å². The first-order chi connectivity index (χ1) is 6.08. The fraction of sp³-hybridized carbons (Fsp3) is 1.00. The molecule has 4 heteroatoms. The maximum atomic E-state index is 10.1. The van der Waals surface area contributed by atoms with Gasteiger partial charge in [0.25, 0.3) is 0 Å². The Bertz CT molecular complexity index is 192. The molecule has 2 saturated heterocycles. The zero-order valence-corrected chi connectivity index (χ0v) is 9.99. The summed E-state index contributed by atoms with van der Waals surface area (Å²) < 4.78 is 0.0758. The Morgan fingerprint density at radius 1 is 1.38 bits per heavy atom. The summed E-state index contributed by atoms with van der Waals surface area (Å²) in [4.78, 5) is 2.09. The number of rotatable bonds is 0. The van der Waals surface area contributed by atoms with Crippen LogP contribution >= 0.6 is 23.5 Å². The Morgan fingerprint density at radius 2 is 2.00 bits per heavy atom. The van der Waals surface area contributed by atoms with Crippen molar-refractivity contribution in [3.05, 3.63) is 0 Å². The highest BCUT2D eigenvalue weighted by molar-refractivity contribution is 8.33. The number of piperidine rings is 1. The van der Waals surface area contributed by atoms with E-state index in [0.29, 0.717) is 11.8 Å². The van der Waals surface area contributed by atoms with Crippen LogP contribution in [0.3, 0.4) is 0 Å². The van der Waals surface area contributed by atoms with E-state index in [2.05, 4.69) is 18.7 Å². The minimum absolute atomic E-state index is 0.0758. The predicted molar refractivity (Wildman–Crippen MR) is 59.7 cm³/mol.